The molecular weight excluding hydrogens is 190 g/mol. The Morgan fingerprint density at radius 1 is 1.40 bits per heavy atom. The van der Waals surface area contributed by atoms with Gasteiger partial charge in [-0.2, -0.15) is 0 Å². The van der Waals surface area contributed by atoms with Crippen molar-refractivity contribution in [3.8, 4) is 5.75 Å². The van der Waals surface area contributed by atoms with Gasteiger partial charge in [-0.25, -0.2) is 4.79 Å². The van der Waals surface area contributed by atoms with Gasteiger partial charge in [0.25, 0.3) is 0 Å². The van der Waals surface area contributed by atoms with Crippen LogP contribution in [0.15, 0.2) is 36.4 Å². The van der Waals surface area contributed by atoms with Crippen molar-refractivity contribution in [2.45, 2.75) is 13.8 Å². The van der Waals surface area contributed by atoms with Crippen LogP contribution in [0, 0.1) is 0 Å². The van der Waals surface area contributed by atoms with E-state index in [4.69, 9.17) is 4.74 Å². The maximum absolute atomic E-state index is 11.2. The number of benzene rings is 1. The van der Waals surface area contributed by atoms with Crippen LogP contribution in [0.4, 0.5) is 5.69 Å². The number of hydrogen-bond donors (Lipinski definition) is 1. The lowest BCUT2D eigenvalue weighted by Crippen LogP contribution is -2.08. The van der Waals surface area contributed by atoms with E-state index in [1.165, 1.54) is 0 Å². The lowest BCUT2D eigenvalue weighted by Gasteiger charge is -2.05. The molecule has 0 saturated heterocycles. The first kappa shape index (κ1) is 11.3. The quantitative estimate of drug-likeness (QED) is 0.466. The second-order valence-electron chi connectivity index (χ2n) is 3.22. The number of esters is 1. The van der Waals surface area contributed by atoms with Gasteiger partial charge in [-0.05, 0) is 38.1 Å². The van der Waals surface area contributed by atoms with Crippen LogP contribution in [-0.2, 0) is 4.79 Å². The SMILES string of the molecule is C=C(C)C(=O)Oc1ccc(NCC)cc1. The summed E-state index contributed by atoms with van der Waals surface area (Å²) in [6, 6.07) is 7.23. The van der Waals surface area contributed by atoms with Gasteiger partial charge in [0.05, 0.1) is 0 Å². The standard InChI is InChI=1S/C12H15NO2/c1-4-13-10-5-7-11(8-6-10)15-12(14)9(2)3/h5-8,13H,2,4H2,1,3H3. The molecule has 0 spiro atoms. The fourth-order valence-electron chi connectivity index (χ4n) is 1.04. The summed E-state index contributed by atoms with van der Waals surface area (Å²) in [6.45, 7) is 8.02. The van der Waals surface area contributed by atoms with Crippen LogP contribution in [-0.4, -0.2) is 12.5 Å². The molecule has 0 bridgehead atoms. The summed E-state index contributed by atoms with van der Waals surface area (Å²) in [7, 11) is 0. The minimum Gasteiger partial charge on any atom is -0.423 e. The molecule has 80 valence electrons. The number of carbonyl (C=O) groups excluding carboxylic acids is 1. The van der Waals surface area contributed by atoms with Gasteiger partial charge >= 0.3 is 5.97 Å². The number of ether oxygens (including phenoxy) is 1. The van der Waals surface area contributed by atoms with E-state index in [-0.39, 0.29) is 0 Å². The highest BCUT2D eigenvalue weighted by molar-refractivity contribution is 5.88. The fraction of sp³-hybridized carbons (Fsp3) is 0.250. The Labute approximate surface area is 89.8 Å². The van der Waals surface area contributed by atoms with Crippen LogP contribution in [0.5, 0.6) is 5.75 Å². The highest BCUT2D eigenvalue weighted by atomic mass is 16.5. The largest absolute Gasteiger partial charge is 0.423 e. The van der Waals surface area contributed by atoms with E-state index in [1.54, 1.807) is 19.1 Å². The van der Waals surface area contributed by atoms with Crippen molar-refractivity contribution in [2.24, 2.45) is 0 Å². The van der Waals surface area contributed by atoms with Crippen molar-refractivity contribution >= 4 is 11.7 Å². The summed E-state index contributed by atoms with van der Waals surface area (Å²) >= 11 is 0. The third-order valence-corrected chi connectivity index (χ3v) is 1.79. The zero-order valence-electron chi connectivity index (χ0n) is 9.04. The third-order valence-electron chi connectivity index (χ3n) is 1.79. The molecule has 0 atom stereocenters. The van der Waals surface area contributed by atoms with E-state index in [0.717, 1.165) is 12.2 Å². The molecule has 0 aliphatic carbocycles. The summed E-state index contributed by atoms with van der Waals surface area (Å²) in [5, 5.41) is 3.15. The van der Waals surface area contributed by atoms with Crippen LogP contribution in [0.3, 0.4) is 0 Å². The Hall–Kier alpha value is -1.77. The summed E-state index contributed by atoms with van der Waals surface area (Å²) in [5.74, 6) is 0.135. The minimum atomic E-state index is -0.397. The molecular formula is C12H15NO2. The molecule has 0 saturated carbocycles. The predicted molar refractivity (Wildman–Crippen MR) is 61.1 cm³/mol. The molecule has 3 nitrogen and oxygen atoms in total. The first-order valence-corrected chi connectivity index (χ1v) is 4.85. The van der Waals surface area contributed by atoms with E-state index in [9.17, 15) is 4.79 Å². The Kier molecular flexibility index (Phi) is 3.92. The van der Waals surface area contributed by atoms with Crippen molar-refractivity contribution in [3.63, 3.8) is 0 Å². The molecule has 0 fully saturated rings. The average Bonchev–Trinajstić information content (AvgIpc) is 2.21. The van der Waals surface area contributed by atoms with Gasteiger partial charge in [0, 0.05) is 17.8 Å². The molecule has 0 aliphatic rings. The topological polar surface area (TPSA) is 38.3 Å². The van der Waals surface area contributed by atoms with E-state index in [2.05, 4.69) is 11.9 Å². The molecule has 1 N–H and O–H groups in total. The van der Waals surface area contributed by atoms with Crippen LogP contribution < -0.4 is 10.1 Å². The van der Waals surface area contributed by atoms with Crippen molar-refractivity contribution in [2.75, 3.05) is 11.9 Å². The molecule has 1 rings (SSSR count). The van der Waals surface area contributed by atoms with Gasteiger partial charge in [0.2, 0.25) is 0 Å². The van der Waals surface area contributed by atoms with E-state index >= 15 is 0 Å². The predicted octanol–water partition coefficient (Wildman–Crippen LogP) is 2.60. The van der Waals surface area contributed by atoms with Crippen LogP contribution in [0.2, 0.25) is 0 Å². The van der Waals surface area contributed by atoms with Crippen molar-refractivity contribution < 1.29 is 9.53 Å². The molecule has 0 heterocycles. The summed E-state index contributed by atoms with van der Waals surface area (Å²) in [5.41, 5.74) is 1.40. The van der Waals surface area contributed by atoms with Crippen LogP contribution >= 0.6 is 0 Å². The monoisotopic (exact) mass is 205 g/mol. The van der Waals surface area contributed by atoms with Gasteiger partial charge in [-0.1, -0.05) is 6.58 Å². The van der Waals surface area contributed by atoms with Crippen LogP contribution in [0.25, 0.3) is 0 Å². The second-order valence-corrected chi connectivity index (χ2v) is 3.22. The Bertz CT molecular complexity index is 354. The zero-order valence-corrected chi connectivity index (χ0v) is 9.04. The Morgan fingerprint density at radius 3 is 2.47 bits per heavy atom. The molecule has 15 heavy (non-hydrogen) atoms. The summed E-state index contributed by atoms with van der Waals surface area (Å²) in [6.07, 6.45) is 0. The lowest BCUT2D eigenvalue weighted by molar-refractivity contribution is -0.130. The first-order valence-electron chi connectivity index (χ1n) is 4.85. The molecule has 0 aromatic heterocycles. The normalized spacial score (nSPS) is 9.47. The van der Waals surface area contributed by atoms with Gasteiger partial charge in [-0.15, -0.1) is 0 Å². The third kappa shape index (κ3) is 3.46. The number of hydrogen-bond acceptors (Lipinski definition) is 3. The maximum atomic E-state index is 11.2. The number of anilines is 1. The lowest BCUT2D eigenvalue weighted by atomic mass is 10.3. The average molecular weight is 205 g/mol. The molecule has 0 aliphatic heterocycles. The molecule has 1 aromatic rings. The van der Waals surface area contributed by atoms with Gasteiger partial charge in [0.15, 0.2) is 0 Å². The molecule has 0 radical (unpaired) electrons. The molecule has 0 unspecified atom stereocenters. The molecule has 0 amide bonds. The summed E-state index contributed by atoms with van der Waals surface area (Å²) in [4.78, 5) is 11.2. The smallest absolute Gasteiger partial charge is 0.338 e. The number of carbonyl (C=O) groups is 1. The number of rotatable bonds is 4. The van der Waals surface area contributed by atoms with Crippen molar-refractivity contribution in [3.05, 3.63) is 36.4 Å². The van der Waals surface area contributed by atoms with E-state index in [0.29, 0.717) is 11.3 Å². The minimum absolute atomic E-state index is 0.394. The maximum Gasteiger partial charge on any atom is 0.338 e. The molecule has 1 aromatic carbocycles. The summed E-state index contributed by atoms with van der Waals surface area (Å²) < 4.78 is 5.04. The molecule has 3 heteroatoms. The first-order chi connectivity index (χ1) is 7.13. The number of nitrogens with one attached hydrogen (secondary N) is 1. The van der Waals surface area contributed by atoms with Crippen molar-refractivity contribution in [1.82, 2.24) is 0 Å². The van der Waals surface area contributed by atoms with Crippen molar-refractivity contribution in [1.29, 1.82) is 0 Å². The van der Waals surface area contributed by atoms with Gasteiger partial charge in [0.1, 0.15) is 5.75 Å². The van der Waals surface area contributed by atoms with Gasteiger partial charge < -0.3 is 10.1 Å². The van der Waals surface area contributed by atoms with Gasteiger partial charge in [-0.3, -0.25) is 0 Å². The highest BCUT2D eigenvalue weighted by Gasteiger charge is 2.04. The van der Waals surface area contributed by atoms with Crippen LogP contribution in [0.1, 0.15) is 13.8 Å². The Morgan fingerprint density at radius 2 is 2.00 bits per heavy atom. The fourth-order valence-corrected chi connectivity index (χ4v) is 1.04. The highest BCUT2D eigenvalue weighted by Crippen LogP contribution is 2.16. The Balaban J connectivity index is 2.64. The van der Waals surface area contributed by atoms with E-state index in [1.807, 2.05) is 19.1 Å². The second kappa shape index (κ2) is 5.20. The zero-order chi connectivity index (χ0) is 11.3. The van der Waals surface area contributed by atoms with E-state index < -0.39 is 5.97 Å².